The Labute approximate surface area is 175 Å². The van der Waals surface area contributed by atoms with E-state index >= 15 is 0 Å². The molecule has 1 unspecified atom stereocenters. The summed E-state index contributed by atoms with van der Waals surface area (Å²) in [5, 5.41) is 17.2. The maximum atomic E-state index is 12.3. The van der Waals surface area contributed by atoms with Crippen LogP contribution in [0.3, 0.4) is 0 Å². The number of carbonyl (C=O) groups excluding carboxylic acids is 2. The third-order valence-electron chi connectivity index (χ3n) is 4.41. The van der Waals surface area contributed by atoms with Gasteiger partial charge < -0.3 is 19.8 Å². The molecule has 2 heterocycles. The Kier molecular flexibility index (Phi) is 7.27. The Bertz CT molecular complexity index is 766. The van der Waals surface area contributed by atoms with Crippen molar-refractivity contribution in [2.45, 2.75) is 57.7 Å². The van der Waals surface area contributed by atoms with Crippen LogP contribution in [0.5, 0.6) is 0 Å². The molecule has 0 bridgehead atoms. The Morgan fingerprint density at radius 1 is 1.29 bits per heavy atom. The normalized spacial score (nSPS) is 27.0. The Morgan fingerprint density at radius 3 is 2.11 bits per heavy atom. The molecule has 2 aliphatic rings. The molecule has 158 valence electrons. The first-order valence-electron chi connectivity index (χ1n) is 8.49. The van der Waals surface area contributed by atoms with Crippen LogP contribution in [-0.2, 0) is 23.9 Å². The number of hydrogen-bond donors (Lipinski definition) is 2. The standard InChI is InChI=1S/C13H16BrNO5S.C5H10O2/c1-5-20-12(19)7(14)6-9(16)15-8(11(17)18)13(2,3)21(4)10(6)15;1-5(2,3)4(6)7/h8,10H,4-5H2,1-3H3,(H,17,18);1-3H3,(H,6,7)/t8-,10+,21?;/m0./s1. The minimum atomic E-state index is -1.05. The van der Waals surface area contributed by atoms with E-state index in [0.717, 1.165) is 0 Å². The third kappa shape index (κ3) is 4.32. The van der Waals surface area contributed by atoms with Gasteiger partial charge >= 0.3 is 17.9 Å². The predicted octanol–water partition coefficient (Wildman–Crippen LogP) is 2.43. The maximum Gasteiger partial charge on any atom is 0.345 e. The zero-order valence-corrected chi connectivity index (χ0v) is 19.1. The van der Waals surface area contributed by atoms with Crippen LogP contribution in [0.2, 0.25) is 0 Å². The van der Waals surface area contributed by atoms with Crippen LogP contribution >= 0.6 is 26.4 Å². The highest BCUT2D eigenvalue weighted by Gasteiger charge is 2.63. The minimum absolute atomic E-state index is 0.0681. The summed E-state index contributed by atoms with van der Waals surface area (Å²) in [5.74, 6) is 1.17. The van der Waals surface area contributed by atoms with E-state index in [1.807, 2.05) is 0 Å². The summed E-state index contributed by atoms with van der Waals surface area (Å²) in [5.41, 5.74) is -0.316. The molecule has 8 nitrogen and oxygen atoms in total. The number of carbonyl (C=O) groups is 4. The highest BCUT2D eigenvalue weighted by Crippen LogP contribution is 2.57. The van der Waals surface area contributed by atoms with E-state index in [2.05, 4.69) is 21.8 Å². The highest BCUT2D eigenvalue weighted by molar-refractivity contribution is 9.12. The smallest absolute Gasteiger partial charge is 0.345 e. The molecular formula is C18H26BrNO7S. The van der Waals surface area contributed by atoms with Crippen molar-refractivity contribution in [1.82, 2.24) is 4.90 Å². The quantitative estimate of drug-likeness (QED) is 0.275. The molecule has 0 radical (unpaired) electrons. The van der Waals surface area contributed by atoms with E-state index in [-0.39, 0.29) is 16.7 Å². The molecule has 0 spiro atoms. The van der Waals surface area contributed by atoms with Crippen molar-refractivity contribution >= 4 is 56.1 Å². The molecule has 2 rings (SSSR count). The van der Waals surface area contributed by atoms with E-state index in [4.69, 9.17) is 9.84 Å². The van der Waals surface area contributed by atoms with Gasteiger partial charge in [-0.25, -0.2) is 9.59 Å². The number of amides is 1. The van der Waals surface area contributed by atoms with Gasteiger partial charge in [-0.1, -0.05) is 5.87 Å². The molecule has 0 aromatic heterocycles. The number of aliphatic carboxylic acids is 2. The van der Waals surface area contributed by atoms with Gasteiger partial charge in [0.1, 0.15) is 15.9 Å². The molecule has 28 heavy (non-hydrogen) atoms. The maximum absolute atomic E-state index is 12.3. The van der Waals surface area contributed by atoms with Crippen molar-refractivity contribution in [1.29, 1.82) is 0 Å². The molecule has 0 aromatic rings. The van der Waals surface area contributed by atoms with Gasteiger partial charge in [0.2, 0.25) is 0 Å². The first-order valence-corrected chi connectivity index (χ1v) is 10.7. The molecule has 2 fully saturated rings. The van der Waals surface area contributed by atoms with Crippen LogP contribution in [0.25, 0.3) is 0 Å². The summed E-state index contributed by atoms with van der Waals surface area (Å²) in [6.07, 6.45) is 0. The van der Waals surface area contributed by atoms with Crippen molar-refractivity contribution in [3.05, 3.63) is 10.1 Å². The Hall–Kier alpha value is -1.68. The molecule has 2 N–H and O–H groups in total. The number of ether oxygens (including phenoxy) is 1. The van der Waals surface area contributed by atoms with Gasteiger partial charge in [0.05, 0.1) is 17.6 Å². The zero-order valence-electron chi connectivity index (χ0n) is 16.7. The molecule has 0 aromatic carbocycles. The van der Waals surface area contributed by atoms with Crippen molar-refractivity contribution in [2.75, 3.05) is 6.61 Å². The summed E-state index contributed by atoms with van der Waals surface area (Å²) in [4.78, 5) is 46.9. The molecule has 0 saturated carbocycles. The first kappa shape index (κ1) is 24.4. The lowest BCUT2D eigenvalue weighted by Gasteiger charge is -2.39. The van der Waals surface area contributed by atoms with E-state index in [1.165, 1.54) is 4.90 Å². The Balaban J connectivity index is 0.000000480. The number of carboxylic acid groups (broad SMARTS) is 2. The Morgan fingerprint density at radius 2 is 1.75 bits per heavy atom. The number of esters is 1. The molecule has 2 aliphatic heterocycles. The van der Waals surface area contributed by atoms with Gasteiger partial charge in [-0.15, -0.1) is 0 Å². The van der Waals surface area contributed by atoms with Gasteiger partial charge in [-0.2, -0.15) is 10.5 Å². The zero-order chi connectivity index (χ0) is 22.2. The van der Waals surface area contributed by atoms with E-state index < -0.39 is 55.9 Å². The van der Waals surface area contributed by atoms with Crippen molar-refractivity contribution < 1.29 is 34.1 Å². The summed E-state index contributed by atoms with van der Waals surface area (Å²) in [6, 6.07) is -0.929. The molecule has 10 heteroatoms. The second kappa shape index (κ2) is 8.36. The predicted molar refractivity (Wildman–Crippen MR) is 111 cm³/mol. The molecule has 2 saturated heterocycles. The number of β-lactam (4-membered cyclic amide) rings is 1. The van der Waals surface area contributed by atoms with Crippen LogP contribution in [0.15, 0.2) is 10.1 Å². The summed E-state index contributed by atoms with van der Waals surface area (Å²) >= 11 is 3.11. The average molecular weight is 480 g/mol. The van der Waals surface area contributed by atoms with Crippen LogP contribution in [-0.4, -0.2) is 67.6 Å². The van der Waals surface area contributed by atoms with Gasteiger partial charge in [0.15, 0.2) is 0 Å². The lowest BCUT2D eigenvalue weighted by molar-refractivity contribution is -0.153. The summed E-state index contributed by atoms with van der Waals surface area (Å²) in [6.45, 7) is 10.4. The number of halogens is 1. The first-order chi connectivity index (χ1) is 12.6. The molecule has 1 amide bonds. The van der Waals surface area contributed by atoms with Crippen molar-refractivity contribution in [3.63, 3.8) is 0 Å². The lowest BCUT2D eigenvalue weighted by atomic mass is 9.95. The fraction of sp³-hybridized carbons (Fsp3) is 0.611. The average Bonchev–Trinajstić information content (AvgIpc) is 2.72. The van der Waals surface area contributed by atoms with Crippen LogP contribution in [0, 0.1) is 5.41 Å². The number of hydrogen-bond acceptors (Lipinski definition) is 5. The van der Waals surface area contributed by atoms with Crippen molar-refractivity contribution in [2.24, 2.45) is 5.41 Å². The minimum Gasteiger partial charge on any atom is -0.481 e. The van der Waals surface area contributed by atoms with Gasteiger partial charge in [-0.05, 0) is 57.5 Å². The molecule has 0 aliphatic carbocycles. The van der Waals surface area contributed by atoms with E-state index in [9.17, 15) is 24.3 Å². The summed E-state index contributed by atoms with van der Waals surface area (Å²) in [7, 11) is -0.635. The SMILES string of the molecule is C=S1[C@@H]2C(=C(Br)C(=O)OCC)C(=O)N2[C@@H](C(=O)O)C1(C)C.CC(C)(C)C(=O)O. The van der Waals surface area contributed by atoms with Gasteiger partial charge in [-0.3, -0.25) is 9.59 Å². The summed E-state index contributed by atoms with van der Waals surface area (Å²) < 4.78 is 4.28. The largest absolute Gasteiger partial charge is 0.481 e. The monoisotopic (exact) mass is 479 g/mol. The van der Waals surface area contributed by atoms with Gasteiger partial charge in [0, 0.05) is 4.75 Å². The topological polar surface area (TPSA) is 121 Å². The van der Waals surface area contributed by atoms with E-state index in [1.54, 1.807) is 41.5 Å². The van der Waals surface area contributed by atoms with Crippen molar-refractivity contribution in [3.8, 4) is 0 Å². The third-order valence-corrected chi connectivity index (χ3v) is 7.74. The van der Waals surface area contributed by atoms with Crippen LogP contribution < -0.4 is 0 Å². The van der Waals surface area contributed by atoms with Crippen LogP contribution in [0.4, 0.5) is 0 Å². The van der Waals surface area contributed by atoms with E-state index in [0.29, 0.717) is 0 Å². The molecule has 3 atom stereocenters. The van der Waals surface area contributed by atoms with Crippen LogP contribution in [0.1, 0.15) is 41.5 Å². The van der Waals surface area contributed by atoms with Gasteiger partial charge in [0.25, 0.3) is 5.91 Å². The number of nitrogens with zero attached hydrogens (tertiary/aromatic N) is 1. The second-order valence-electron chi connectivity index (χ2n) is 7.84. The number of carboxylic acids is 2. The highest BCUT2D eigenvalue weighted by atomic mass is 79.9. The fourth-order valence-electron chi connectivity index (χ4n) is 2.65. The fourth-order valence-corrected chi connectivity index (χ4v) is 5.37. The number of fused-ring (bicyclic) bond motifs is 1. The number of rotatable bonds is 3. The second-order valence-corrected chi connectivity index (χ2v) is 11.0. The molecular weight excluding hydrogens is 454 g/mol. The lowest BCUT2D eigenvalue weighted by Crippen LogP contribution is -2.59.